The molecule has 3 heteroatoms. The fourth-order valence-electron chi connectivity index (χ4n) is 2.29. The van der Waals surface area contributed by atoms with Gasteiger partial charge in [-0.05, 0) is 51.0 Å². The number of hydrogen-bond acceptors (Lipinski definition) is 3. The van der Waals surface area contributed by atoms with E-state index in [1.54, 1.807) is 7.11 Å². The molecule has 1 aromatic rings. The zero-order valence-electron chi connectivity index (χ0n) is 14.4. The normalized spacial score (nSPS) is 12.1. The topological polar surface area (TPSA) is 24.5 Å². The maximum atomic E-state index is 5.45. The van der Waals surface area contributed by atoms with Crippen molar-refractivity contribution < 1.29 is 4.74 Å². The second-order valence-electron chi connectivity index (χ2n) is 6.12. The minimum absolute atomic E-state index is 0.0479. The lowest BCUT2D eigenvalue weighted by Crippen LogP contribution is -2.29. The molecule has 120 valence electrons. The van der Waals surface area contributed by atoms with Gasteiger partial charge in [0.15, 0.2) is 0 Å². The Hall–Kier alpha value is -0.900. The Morgan fingerprint density at radius 3 is 2.29 bits per heavy atom. The Morgan fingerprint density at radius 2 is 1.71 bits per heavy atom. The predicted octanol–water partition coefficient (Wildman–Crippen LogP) is 3.43. The highest BCUT2D eigenvalue weighted by Crippen LogP contribution is 2.13. The Bertz CT molecular complexity index is 400. The second-order valence-corrected chi connectivity index (χ2v) is 6.12. The van der Waals surface area contributed by atoms with Crippen LogP contribution < -0.4 is 5.32 Å². The number of nitrogens with zero attached hydrogens (tertiary/aromatic N) is 1. The molecular weight excluding hydrogens is 260 g/mol. The highest BCUT2D eigenvalue weighted by molar-refractivity contribution is 5.27. The monoisotopic (exact) mass is 292 g/mol. The third-order valence-electron chi connectivity index (χ3n) is 4.18. The average Bonchev–Trinajstić information content (AvgIpc) is 2.50. The van der Waals surface area contributed by atoms with Crippen LogP contribution in [0.25, 0.3) is 0 Å². The van der Waals surface area contributed by atoms with Crippen molar-refractivity contribution >= 4 is 0 Å². The maximum absolute atomic E-state index is 5.45. The largest absolute Gasteiger partial charge is 0.379 e. The van der Waals surface area contributed by atoms with E-state index in [9.17, 15) is 0 Å². The lowest BCUT2D eigenvalue weighted by atomic mass is 10.0. The first kappa shape index (κ1) is 18.1. The molecule has 1 N–H and O–H groups in total. The SMILES string of the molecule is CCN(CC)Cc1ccccc1CNCCC(C)(C)OC. The summed E-state index contributed by atoms with van der Waals surface area (Å²) in [5.41, 5.74) is 2.78. The lowest BCUT2D eigenvalue weighted by Gasteiger charge is -2.23. The van der Waals surface area contributed by atoms with Crippen molar-refractivity contribution in [3.8, 4) is 0 Å². The van der Waals surface area contributed by atoms with E-state index in [2.05, 4.69) is 62.2 Å². The minimum atomic E-state index is -0.0479. The lowest BCUT2D eigenvalue weighted by molar-refractivity contribution is 0.0158. The Kier molecular flexibility index (Phi) is 7.94. The molecule has 0 aliphatic heterocycles. The standard InChI is InChI=1S/C18H32N2O/c1-6-20(7-2)15-17-11-9-8-10-16(17)14-19-13-12-18(3,4)21-5/h8-11,19H,6-7,12-15H2,1-5H3. The van der Waals surface area contributed by atoms with Crippen molar-refractivity contribution in [2.75, 3.05) is 26.7 Å². The molecule has 1 aromatic carbocycles. The molecule has 0 saturated heterocycles. The first-order valence-electron chi connectivity index (χ1n) is 8.07. The van der Waals surface area contributed by atoms with Crippen molar-refractivity contribution in [3.05, 3.63) is 35.4 Å². The van der Waals surface area contributed by atoms with Gasteiger partial charge in [-0.2, -0.15) is 0 Å². The van der Waals surface area contributed by atoms with E-state index >= 15 is 0 Å². The molecule has 0 aromatic heterocycles. The van der Waals surface area contributed by atoms with Crippen LogP contribution in [0.2, 0.25) is 0 Å². The number of hydrogen-bond donors (Lipinski definition) is 1. The number of ether oxygens (including phenoxy) is 1. The predicted molar refractivity (Wildman–Crippen MR) is 90.5 cm³/mol. The second kappa shape index (κ2) is 9.19. The van der Waals surface area contributed by atoms with E-state index in [4.69, 9.17) is 4.74 Å². The summed E-state index contributed by atoms with van der Waals surface area (Å²) in [5, 5.41) is 3.54. The summed E-state index contributed by atoms with van der Waals surface area (Å²) in [6.07, 6.45) is 1.02. The molecule has 0 aliphatic rings. The number of nitrogens with one attached hydrogen (secondary N) is 1. The molecule has 0 radical (unpaired) electrons. The van der Waals surface area contributed by atoms with E-state index in [-0.39, 0.29) is 5.60 Å². The van der Waals surface area contributed by atoms with Gasteiger partial charge in [-0.25, -0.2) is 0 Å². The molecule has 1 rings (SSSR count). The third kappa shape index (κ3) is 6.60. The smallest absolute Gasteiger partial charge is 0.0634 e. The van der Waals surface area contributed by atoms with E-state index in [1.807, 2.05) is 0 Å². The van der Waals surface area contributed by atoms with Gasteiger partial charge in [-0.1, -0.05) is 38.1 Å². The first-order chi connectivity index (χ1) is 10.0. The van der Waals surface area contributed by atoms with Crippen molar-refractivity contribution in [1.82, 2.24) is 10.2 Å². The fraction of sp³-hybridized carbons (Fsp3) is 0.667. The van der Waals surface area contributed by atoms with Crippen molar-refractivity contribution in [2.45, 2.75) is 52.8 Å². The number of benzene rings is 1. The van der Waals surface area contributed by atoms with Gasteiger partial charge in [0.2, 0.25) is 0 Å². The van der Waals surface area contributed by atoms with Gasteiger partial charge in [0.25, 0.3) is 0 Å². The zero-order chi connectivity index (χ0) is 15.7. The third-order valence-corrected chi connectivity index (χ3v) is 4.18. The van der Waals surface area contributed by atoms with E-state index in [1.165, 1.54) is 11.1 Å². The molecule has 0 saturated carbocycles. The summed E-state index contributed by atoms with van der Waals surface area (Å²) in [5.74, 6) is 0. The first-order valence-corrected chi connectivity index (χ1v) is 8.07. The van der Waals surface area contributed by atoms with Gasteiger partial charge in [-0.3, -0.25) is 4.90 Å². The Labute approximate surface area is 130 Å². The molecule has 0 atom stereocenters. The Morgan fingerprint density at radius 1 is 1.10 bits per heavy atom. The summed E-state index contributed by atoms with van der Waals surface area (Å²) < 4.78 is 5.45. The molecule has 0 bridgehead atoms. The fourth-order valence-corrected chi connectivity index (χ4v) is 2.29. The van der Waals surface area contributed by atoms with Crippen LogP contribution >= 0.6 is 0 Å². The van der Waals surface area contributed by atoms with E-state index in [0.717, 1.165) is 39.1 Å². The summed E-state index contributed by atoms with van der Waals surface area (Å²) in [7, 11) is 1.78. The van der Waals surface area contributed by atoms with Crippen molar-refractivity contribution in [3.63, 3.8) is 0 Å². The van der Waals surface area contributed by atoms with Crippen LogP contribution in [0.4, 0.5) is 0 Å². The highest BCUT2D eigenvalue weighted by atomic mass is 16.5. The molecule has 0 fully saturated rings. The van der Waals surface area contributed by atoms with E-state index < -0.39 is 0 Å². The molecule has 0 heterocycles. The number of rotatable bonds is 10. The molecule has 3 nitrogen and oxygen atoms in total. The van der Waals surface area contributed by atoms with Gasteiger partial charge in [0.1, 0.15) is 0 Å². The quantitative estimate of drug-likeness (QED) is 0.669. The highest BCUT2D eigenvalue weighted by Gasteiger charge is 2.15. The van der Waals surface area contributed by atoms with Crippen LogP contribution in [0, 0.1) is 0 Å². The number of methoxy groups -OCH3 is 1. The van der Waals surface area contributed by atoms with Gasteiger partial charge in [0.05, 0.1) is 5.60 Å². The molecule has 0 spiro atoms. The van der Waals surface area contributed by atoms with Crippen molar-refractivity contribution in [1.29, 1.82) is 0 Å². The maximum Gasteiger partial charge on any atom is 0.0634 e. The zero-order valence-corrected chi connectivity index (χ0v) is 14.4. The van der Waals surface area contributed by atoms with Crippen molar-refractivity contribution in [2.24, 2.45) is 0 Å². The molecule has 0 aliphatic carbocycles. The van der Waals surface area contributed by atoms with Crippen LogP contribution in [-0.4, -0.2) is 37.2 Å². The average molecular weight is 292 g/mol. The summed E-state index contributed by atoms with van der Waals surface area (Å²) >= 11 is 0. The van der Waals surface area contributed by atoms with Gasteiger partial charge >= 0.3 is 0 Å². The van der Waals surface area contributed by atoms with Crippen LogP contribution in [0.3, 0.4) is 0 Å². The molecular formula is C18H32N2O. The van der Waals surface area contributed by atoms with Gasteiger partial charge < -0.3 is 10.1 Å². The summed E-state index contributed by atoms with van der Waals surface area (Å²) in [6.45, 7) is 13.8. The molecule has 0 amide bonds. The Balaban J connectivity index is 2.51. The minimum Gasteiger partial charge on any atom is -0.379 e. The van der Waals surface area contributed by atoms with Crippen LogP contribution in [-0.2, 0) is 17.8 Å². The van der Waals surface area contributed by atoms with E-state index in [0.29, 0.717) is 0 Å². The molecule has 21 heavy (non-hydrogen) atoms. The van der Waals surface area contributed by atoms with Gasteiger partial charge in [0, 0.05) is 20.2 Å². The molecule has 0 unspecified atom stereocenters. The van der Waals surface area contributed by atoms with Crippen LogP contribution in [0.15, 0.2) is 24.3 Å². The summed E-state index contributed by atoms with van der Waals surface area (Å²) in [4.78, 5) is 2.45. The summed E-state index contributed by atoms with van der Waals surface area (Å²) in [6, 6.07) is 8.74. The van der Waals surface area contributed by atoms with Crippen LogP contribution in [0.1, 0.15) is 45.2 Å². The van der Waals surface area contributed by atoms with Crippen LogP contribution in [0.5, 0.6) is 0 Å². The van der Waals surface area contributed by atoms with Gasteiger partial charge in [-0.15, -0.1) is 0 Å².